The Morgan fingerprint density at radius 3 is 1.37 bits per heavy atom. The maximum atomic E-state index is 11.5. The van der Waals surface area contributed by atoms with Gasteiger partial charge >= 0.3 is 0 Å². The highest BCUT2D eigenvalue weighted by molar-refractivity contribution is 5.73. The largest absolute Gasteiger partial charge is 0.394 e. The number of rotatable bonds is 22. The molecule has 0 aromatic carbocycles. The van der Waals surface area contributed by atoms with E-state index >= 15 is 0 Å². The molecule has 0 bridgehead atoms. The molecule has 270 valence electrons. The van der Waals surface area contributed by atoms with Crippen molar-refractivity contribution in [3.8, 4) is 0 Å². The van der Waals surface area contributed by atoms with Crippen LogP contribution in [0.1, 0.15) is 59.3 Å². The van der Waals surface area contributed by atoms with E-state index in [2.05, 4.69) is 17.6 Å². The number of amides is 2. The van der Waals surface area contributed by atoms with E-state index in [0.29, 0.717) is 19.1 Å². The van der Waals surface area contributed by atoms with Crippen LogP contribution in [0.25, 0.3) is 0 Å². The van der Waals surface area contributed by atoms with Gasteiger partial charge in [0.1, 0.15) is 48.7 Å². The van der Waals surface area contributed by atoms with E-state index in [1.807, 2.05) is 0 Å². The molecule has 0 radical (unpaired) electrons. The summed E-state index contributed by atoms with van der Waals surface area (Å²) >= 11 is 0. The minimum atomic E-state index is -1.36. The quantitative estimate of drug-likeness (QED) is 0.0579. The van der Waals surface area contributed by atoms with Crippen LogP contribution in [-0.2, 0) is 38.0 Å². The van der Waals surface area contributed by atoms with Crippen LogP contribution in [0.2, 0.25) is 0 Å². The SMILES string of the molecule is CC(=O)NC1[C@H](OCCOCCCCC(C)CCCCOCCO[C@@H]2OC(CO)[C@H](O)[C@H](O)C2NC(C)=O)OC(CO)[C@H](O)[C@@H]1O. The fourth-order valence-corrected chi connectivity index (χ4v) is 5.41. The zero-order valence-corrected chi connectivity index (χ0v) is 27.2. The summed E-state index contributed by atoms with van der Waals surface area (Å²) in [5.41, 5.74) is 0. The third-order valence-corrected chi connectivity index (χ3v) is 7.99. The Hall–Kier alpha value is -1.54. The minimum Gasteiger partial charge on any atom is -0.394 e. The lowest BCUT2D eigenvalue weighted by molar-refractivity contribution is -0.272. The summed E-state index contributed by atoms with van der Waals surface area (Å²) < 4.78 is 33.6. The second-order valence-corrected chi connectivity index (χ2v) is 11.9. The van der Waals surface area contributed by atoms with Gasteiger partial charge in [-0.1, -0.05) is 32.6 Å². The van der Waals surface area contributed by atoms with Crippen molar-refractivity contribution < 1.29 is 68.6 Å². The summed E-state index contributed by atoms with van der Waals surface area (Å²) in [4.78, 5) is 23.0. The lowest BCUT2D eigenvalue weighted by atomic mass is 9.97. The van der Waals surface area contributed by atoms with Gasteiger partial charge < -0.3 is 69.7 Å². The van der Waals surface area contributed by atoms with Gasteiger partial charge in [-0.3, -0.25) is 9.59 Å². The maximum absolute atomic E-state index is 11.5. The van der Waals surface area contributed by atoms with E-state index in [1.165, 1.54) is 13.8 Å². The number of carbonyl (C=O) groups is 2. The van der Waals surface area contributed by atoms with Crippen molar-refractivity contribution in [1.82, 2.24) is 10.6 Å². The molecular weight excluding hydrogens is 612 g/mol. The first-order valence-electron chi connectivity index (χ1n) is 16.2. The summed E-state index contributed by atoms with van der Waals surface area (Å²) in [6.45, 7) is 5.76. The molecule has 2 fully saturated rings. The van der Waals surface area contributed by atoms with Crippen molar-refractivity contribution in [2.75, 3.05) is 52.9 Å². The number of carbonyl (C=O) groups excluding carboxylic acids is 2. The van der Waals surface area contributed by atoms with Crippen LogP contribution >= 0.6 is 0 Å². The van der Waals surface area contributed by atoms with Gasteiger partial charge in [0.15, 0.2) is 12.6 Å². The van der Waals surface area contributed by atoms with E-state index in [1.54, 1.807) is 0 Å². The molecule has 0 aliphatic carbocycles. The molecule has 2 aliphatic rings. The Morgan fingerprint density at radius 1 is 0.630 bits per heavy atom. The van der Waals surface area contributed by atoms with Gasteiger partial charge in [-0.2, -0.15) is 0 Å². The van der Waals surface area contributed by atoms with Crippen molar-refractivity contribution in [2.45, 2.75) is 121 Å². The van der Waals surface area contributed by atoms with Gasteiger partial charge in [-0.05, 0) is 18.8 Å². The van der Waals surface area contributed by atoms with Crippen molar-refractivity contribution in [3.63, 3.8) is 0 Å². The van der Waals surface area contributed by atoms with Gasteiger partial charge in [-0.15, -0.1) is 0 Å². The van der Waals surface area contributed by atoms with Crippen molar-refractivity contribution in [3.05, 3.63) is 0 Å². The Morgan fingerprint density at radius 2 is 1.02 bits per heavy atom. The normalized spacial score (nSPS) is 32.2. The van der Waals surface area contributed by atoms with Crippen LogP contribution in [0.3, 0.4) is 0 Å². The highest BCUT2D eigenvalue weighted by atomic mass is 16.7. The third-order valence-electron chi connectivity index (χ3n) is 7.99. The monoisotopic (exact) mass is 668 g/mol. The summed E-state index contributed by atoms with van der Waals surface area (Å²) in [5, 5.41) is 64.5. The van der Waals surface area contributed by atoms with Crippen LogP contribution in [-0.4, -0.2) is 157 Å². The summed E-state index contributed by atoms with van der Waals surface area (Å²) in [7, 11) is 0. The molecule has 0 aromatic heterocycles. The van der Waals surface area contributed by atoms with Crippen LogP contribution in [0.15, 0.2) is 0 Å². The fraction of sp³-hybridized carbons (Fsp3) is 0.933. The molecular formula is C30H56N2O14. The number of ether oxygens (including phenoxy) is 6. The Balaban J connectivity index is 1.48. The number of nitrogens with one attached hydrogen (secondary N) is 2. The van der Waals surface area contributed by atoms with Crippen molar-refractivity contribution in [1.29, 1.82) is 0 Å². The average molecular weight is 669 g/mol. The molecule has 2 saturated heterocycles. The second kappa shape index (κ2) is 22.2. The third kappa shape index (κ3) is 13.9. The lowest BCUT2D eigenvalue weighted by Gasteiger charge is -2.42. The number of aliphatic hydroxyl groups excluding tert-OH is 6. The van der Waals surface area contributed by atoms with Crippen LogP contribution < -0.4 is 10.6 Å². The maximum Gasteiger partial charge on any atom is 0.217 e. The predicted molar refractivity (Wildman–Crippen MR) is 161 cm³/mol. The molecule has 16 heteroatoms. The van der Waals surface area contributed by atoms with Gasteiger partial charge in [0.2, 0.25) is 11.8 Å². The molecule has 0 saturated carbocycles. The smallest absolute Gasteiger partial charge is 0.217 e. The molecule has 2 heterocycles. The predicted octanol–water partition coefficient (Wildman–Crippen LogP) is -2.08. The summed E-state index contributed by atoms with van der Waals surface area (Å²) in [6.07, 6.45) is -3.58. The molecule has 0 aromatic rings. The Bertz CT molecular complexity index is 790. The minimum absolute atomic E-state index is 0.149. The lowest BCUT2D eigenvalue weighted by Crippen LogP contribution is -2.64. The fourth-order valence-electron chi connectivity index (χ4n) is 5.41. The molecule has 46 heavy (non-hydrogen) atoms. The molecule has 10 atom stereocenters. The van der Waals surface area contributed by atoms with Crippen molar-refractivity contribution in [2.24, 2.45) is 5.92 Å². The first-order chi connectivity index (χ1) is 22.0. The zero-order valence-electron chi connectivity index (χ0n) is 27.2. The number of aliphatic hydroxyl groups is 6. The second-order valence-electron chi connectivity index (χ2n) is 11.9. The van der Waals surface area contributed by atoms with Gasteiger partial charge in [-0.25, -0.2) is 0 Å². The van der Waals surface area contributed by atoms with Crippen LogP contribution in [0.4, 0.5) is 0 Å². The van der Waals surface area contributed by atoms with Crippen LogP contribution in [0.5, 0.6) is 0 Å². The standard InChI is InChI=1S/C30H56N2O14/c1-18(8-4-6-10-41-12-14-43-29-23(31-19(2)35)27(39)25(37)21(16-33)45-29)9-5-7-11-42-13-15-44-30-24(32-20(3)36)28(40)26(38)22(17-34)46-30/h18,21-30,33-34,37-40H,4-17H2,1-3H3,(H,31,35)(H,32,36)/t18?,21?,22?,23?,24?,25-,26-,27+,28+,29+,30+/m0/s1. The zero-order chi connectivity index (χ0) is 34.1. The summed E-state index contributed by atoms with van der Waals surface area (Å²) in [6, 6.07) is -1.95. The van der Waals surface area contributed by atoms with Gasteiger partial charge in [0, 0.05) is 27.1 Å². The first-order valence-corrected chi connectivity index (χ1v) is 16.2. The van der Waals surface area contributed by atoms with E-state index < -0.39 is 86.3 Å². The van der Waals surface area contributed by atoms with E-state index in [9.17, 15) is 40.2 Å². The Kier molecular flexibility index (Phi) is 19.6. The highest BCUT2D eigenvalue weighted by Gasteiger charge is 2.46. The molecule has 0 spiro atoms. The number of unbranched alkanes of at least 4 members (excludes halogenated alkanes) is 2. The van der Waals surface area contributed by atoms with E-state index in [-0.39, 0.29) is 26.4 Å². The molecule has 4 unspecified atom stereocenters. The highest BCUT2D eigenvalue weighted by Crippen LogP contribution is 2.23. The van der Waals surface area contributed by atoms with E-state index in [4.69, 9.17) is 28.4 Å². The number of hydrogen-bond acceptors (Lipinski definition) is 14. The molecule has 2 rings (SSSR count). The number of hydrogen-bond donors (Lipinski definition) is 8. The average Bonchev–Trinajstić information content (AvgIpc) is 3.01. The van der Waals surface area contributed by atoms with E-state index in [0.717, 1.165) is 38.5 Å². The molecule has 16 nitrogen and oxygen atoms in total. The molecule has 8 N–H and O–H groups in total. The first kappa shape index (κ1) is 40.6. The Labute approximate surface area is 270 Å². The van der Waals surface area contributed by atoms with Gasteiger partial charge in [0.05, 0.1) is 39.6 Å². The molecule has 2 aliphatic heterocycles. The van der Waals surface area contributed by atoms with Crippen LogP contribution in [0, 0.1) is 5.92 Å². The topological polar surface area (TPSA) is 235 Å². The molecule has 2 amide bonds. The van der Waals surface area contributed by atoms with Gasteiger partial charge in [0.25, 0.3) is 0 Å². The van der Waals surface area contributed by atoms with Crippen molar-refractivity contribution >= 4 is 11.8 Å². The summed E-state index contributed by atoms with van der Waals surface area (Å²) in [5.74, 6) is -0.270.